The van der Waals surface area contributed by atoms with E-state index in [0.29, 0.717) is 5.82 Å². The maximum absolute atomic E-state index is 4.47. The molecule has 0 radical (unpaired) electrons. The van der Waals surface area contributed by atoms with Gasteiger partial charge >= 0.3 is 0 Å². The molecule has 0 saturated carbocycles. The molecule has 7 heteroatoms. The number of imidazole rings is 1. The fourth-order valence-electron chi connectivity index (χ4n) is 1.65. The lowest BCUT2D eigenvalue weighted by Crippen LogP contribution is -2.07. The molecule has 3 rings (SSSR count). The third-order valence-electron chi connectivity index (χ3n) is 2.35. The van der Waals surface area contributed by atoms with E-state index >= 15 is 0 Å². The van der Waals surface area contributed by atoms with Gasteiger partial charge in [-0.15, -0.1) is 0 Å². The zero-order valence-corrected chi connectivity index (χ0v) is 9.28. The van der Waals surface area contributed by atoms with Crippen LogP contribution in [0.25, 0.3) is 11.5 Å². The van der Waals surface area contributed by atoms with Crippen molar-refractivity contribution >= 4 is 11.5 Å². The number of nitrogens with one attached hydrogen (secondary N) is 1. The molecular formula is C10H11N7. The van der Waals surface area contributed by atoms with Gasteiger partial charge in [0.2, 0.25) is 5.82 Å². The first-order chi connectivity index (χ1) is 8.38. The van der Waals surface area contributed by atoms with Crippen molar-refractivity contribution in [1.82, 2.24) is 29.1 Å². The van der Waals surface area contributed by atoms with Gasteiger partial charge in [0.1, 0.15) is 18.5 Å². The number of anilines is 1. The zero-order valence-electron chi connectivity index (χ0n) is 9.28. The molecule has 1 N–H and O–H groups in total. The molecule has 0 atom stereocenters. The summed E-state index contributed by atoms with van der Waals surface area (Å²) in [6.07, 6.45) is 8.57. The summed E-state index contributed by atoms with van der Waals surface area (Å²) in [7, 11) is 0. The van der Waals surface area contributed by atoms with Gasteiger partial charge in [-0.2, -0.15) is 9.78 Å². The van der Waals surface area contributed by atoms with Crippen LogP contribution in [0.5, 0.6) is 0 Å². The SMILES string of the molecule is CCNc1cn2ccnc2c(-n2cncn2)n1. The first kappa shape index (κ1) is 9.76. The average molecular weight is 229 g/mol. The van der Waals surface area contributed by atoms with Crippen molar-refractivity contribution in [3.63, 3.8) is 0 Å². The van der Waals surface area contributed by atoms with E-state index in [1.807, 2.05) is 23.7 Å². The van der Waals surface area contributed by atoms with Gasteiger partial charge in [-0.05, 0) is 6.92 Å². The standard InChI is InChI=1S/C10H11N7/c1-2-12-8-5-16-4-3-13-9(16)10(15-8)17-7-11-6-14-17/h3-7,12H,2H2,1H3. The van der Waals surface area contributed by atoms with E-state index in [1.165, 1.54) is 6.33 Å². The van der Waals surface area contributed by atoms with Crippen LogP contribution in [0.4, 0.5) is 5.82 Å². The van der Waals surface area contributed by atoms with Gasteiger partial charge in [-0.3, -0.25) is 0 Å². The van der Waals surface area contributed by atoms with E-state index < -0.39 is 0 Å². The molecule has 17 heavy (non-hydrogen) atoms. The third-order valence-corrected chi connectivity index (χ3v) is 2.35. The van der Waals surface area contributed by atoms with Gasteiger partial charge in [0.25, 0.3) is 0 Å². The van der Waals surface area contributed by atoms with Gasteiger partial charge in [0.05, 0.1) is 6.20 Å². The molecule has 0 spiro atoms. The highest BCUT2D eigenvalue weighted by Gasteiger charge is 2.09. The molecule has 0 aliphatic heterocycles. The first-order valence-corrected chi connectivity index (χ1v) is 5.31. The largest absolute Gasteiger partial charge is 0.369 e. The van der Waals surface area contributed by atoms with Crippen molar-refractivity contribution in [2.24, 2.45) is 0 Å². The smallest absolute Gasteiger partial charge is 0.201 e. The normalized spacial score (nSPS) is 10.9. The van der Waals surface area contributed by atoms with Crippen molar-refractivity contribution in [2.45, 2.75) is 6.92 Å². The Kier molecular flexibility index (Phi) is 2.21. The van der Waals surface area contributed by atoms with E-state index in [4.69, 9.17) is 0 Å². The van der Waals surface area contributed by atoms with Crippen LogP contribution in [-0.2, 0) is 0 Å². The molecule has 0 aliphatic rings. The molecule has 0 aromatic carbocycles. The van der Waals surface area contributed by atoms with E-state index in [0.717, 1.165) is 18.0 Å². The minimum absolute atomic E-state index is 0.658. The topological polar surface area (TPSA) is 72.9 Å². The maximum Gasteiger partial charge on any atom is 0.201 e. The van der Waals surface area contributed by atoms with Crippen LogP contribution in [-0.4, -0.2) is 35.7 Å². The first-order valence-electron chi connectivity index (χ1n) is 5.31. The van der Waals surface area contributed by atoms with Gasteiger partial charge in [0.15, 0.2) is 5.65 Å². The van der Waals surface area contributed by atoms with Crippen LogP contribution in [0.2, 0.25) is 0 Å². The number of hydrogen-bond donors (Lipinski definition) is 1. The molecule has 3 aromatic heterocycles. The number of nitrogens with zero attached hydrogens (tertiary/aromatic N) is 6. The molecule has 7 nitrogen and oxygen atoms in total. The van der Waals surface area contributed by atoms with E-state index in [-0.39, 0.29) is 0 Å². The number of hydrogen-bond acceptors (Lipinski definition) is 5. The highest BCUT2D eigenvalue weighted by molar-refractivity contribution is 5.57. The fourth-order valence-corrected chi connectivity index (χ4v) is 1.65. The lowest BCUT2D eigenvalue weighted by atomic mass is 10.5. The van der Waals surface area contributed by atoms with Crippen LogP contribution in [0, 0.1) is 0 Å². The molecule has 0 bridgehead atoms. The van der Waals surface area contributed by atoms with E-state index in [1.54, 1.807) is 17.2 Å². The second-order valence-electron chi connectivity index (χ2n) is 3.48. The molecule has 0 unspecified atom stereocenters. The van der Waals surface area contributed by atoms with Crippen LogP contribution >= 0.6 is 0 Å². The van der Waals surface area contributed by atoms with Crippen molar-refractivity contribution in [3.8, 4) is 5.82 Å². The number of aromatic nitrogens is 6. The highest BCUT2D eigenvalue weighted by Crippen LogP contribution is 2.14. The van der Waals surface area contributed by atoms with Crippen molar-refractivity contribution in [1.29, 1.82) is 0 Å². The molecule has 0 saturated heterocycles. The molecule has 0 aliphatic carbocycles. The Labute approximate surface area is 97.2 Å². The van der Waals surface area contributed by atoms with Crippen LogP contribution in [0.3, 0.4) is 0 Å². The van der Waals surface area contributed by atoms with Crippen molar-refractivity contribution in [3.05, 3.63) is 31.2 Å². The van der Waals surface area contributed by atoms with Crippen LogP contribution < -0.4 is 5.32 Å². The summed E-state index contributed by atoms with van der Waals surface area (Å²) < 4.78 is 3.51. The monoisotopic (exact) mass is 229 g/mol. The molecule has 86 valence electrons. The number of fused-ring (bicyclic) bond motifs is 1. The Balaban J connectivity index is 2.23. The summed E-state index contributed by atoms with van der Waals surface area (Å²) >= 11 is 0. The van der Waals surface area contributed by atoms with Gasteiger partial charge in [-0.1, -0.05) is 0 Å². The molecule has 3 aromatic rings. The van der Waals surface area contributed by atoms with Gasteiger partial charge in [0, 0.05) is 18.9 Å². The molecule has 3 heterocycles. The molecule has 0 amide bonds. The van der Waals surface area contributed by atoms with E-state index in [2.05, 4.69) is 25.4 Å². The summed E-state index contributed by atoms with van der Waals surface area (Å²) in [6, 6.07) is 0. The Morgan fingerprint density at radius 3 is 3.12 bits per heavy atom. The predicted octanol–water partition coefficient (Wildman–Crippen LogP) is 0.742. The second kappa shape index (κ2) is 3.85. The summed E-state index contributed by atoms with van der Waals surface area (Å²) in [5, 5.41) is 7.25. The summed E-state index contributed by atoms with van der Waals surface area (Å²) in [5.74, 6) is 1.44. The fraction of sp³-hybridized carbons (Fsp3) is 0.200. The maximum atomic E-state index is 4.47. The Hall–Kier alpha value is -2.44. The second-order valence-corrected chi connectivity index (χ2v) is 3.48. The third kappa shape index (κ3) is 1.61. The average Bonchev–Trinajstić information content (AvgIpc) is 2.99. The van der Waals surface area contributed by atoms with Crippen molar-refractivity contribution in [2.75, 3.05) is 11.9 Å². The summed E-state index contributed by atoms with van der Waals surface area (Å²) in [4.78, 5) is 12.7. The lowest BCUT2D eigenvalue weighted by molar-refractivity contribution is 0.840. The minimum Gasteiger partial charge on any atom is -0.369 e. The van der Waals surface area contributed by atoms with E-state index in [9.17, 15) is 0 Å². The Morgan fingerprint density at radius 2 is 2.35 bits per heavy atom. The Morgan fingerprint density at radius 1 is 1.41 bits per heavy atom. The zero-order chi connectivity index (χ0) is 11.7. The van der Waals surface area contributed by atoms with Gasteiger partial charge < -0.3 is 9.72 Å². The number of rotatable bonds is 3. The summed E-state index contributed by atoms with van der Waals surface area (Å²) in [5.41, 5.74) is 0.747. The minimum atomic E-state index is 0.658. The molecule has 0 fully saturated rings. The molecular weight excluding hydrogens is 218 g/mol. The van der Waals surface area contributed by atoms with Crippen LogP contribution in [0.15, 0.2) is 31.2 Å². The van der Waals surface area contributed by atoms with Gasteiger partial charge in [-0.25, -0.2) is 15.0 Å². The predicted molar refractivity (Wildman–Crippen MR) is 62.1 cm³/mol. The van der Waals surface area contributed by atoms with Crippen LogP contribution in [0.1, 0.15) is 6.92 Å². The lowest BCUT2D eigenvalue weighted by Gasteiger charge is -2.07. The van der Waals surface area contributed by atoms with Crippen molar-refractivity contribution < 1.29 is 0 Å². The quantitative estimate of drug-likeness (QED) is 0.717. The summed E-state index contributed by atoms with van der Waals surface area (Å²) in [6.45, 7) is 2.83. The Bertz CT molecular complexity index is 625. The highest BCUT2D eigenvalue weighted by atomic mass is 15.4.